The second kappa shape index (κ2) is 10.5. The quantitative estimate of drug-likeness (QED) is 0.366. The van der Waals surface area contributed by atoms with Crippen molar-refractivity contribution in [3.8, 4) is 0 Å². The molecular weight excluding hydrogens is 378 g/mol. The molecule has 2 amide bonds. The molecule has 1 aliphatic rings. The predicted molar refractivity (Wildman–Crippen MR) is 105 cm³/mol. The summed E-state index contributed by atoms with van der Waals surface area (Å²) in [5.74, 6) is -2.56. The van der Waals surface area contributed by atoms with Crippen molar-refractivity contribution in [2.24, 2.45) is 11.7 Å². The van der Waals surface area contributed by atoms with Gasteiger partial charge in [-0.1, -0.05) is 31.4 Å². The van der Waals surface area contributed by atoms with Gasteiger partial charge in [-0.3, -0.25) is 24.5 Å². The SMILES string of the molecule is CCOC(=O)C[C@@H](c1ccc([N+](=O)[O-])cc1)[C@H](NC(=O)C1CCCCC1)C(N)=O. The number of hydrogen-bond acceptors (Lipinski definition) is 6. The largest absolute Gasteiger partial charge is 0.466 e. The van der Waals surface area contributed by atoms with Gasteiger partial charge in [-0.05, 0) is 25.3 Å². The topological polar surface area (TPSA) is 142 Å². The van der Waals surface area contributed by atoms with Gasteiger partial charge in [0.05, 0.1) is 18.0 Å². The lowest BCUT2D eigenvalue weighted by Gasteiger charge is -2.28. The first-order valence-corrected chi connectivity index (χ1v) is 9.83. The molecule has 29 heavy (non-hydrogen) atoms. The highest BCUT2D eigenvalue weighted by Crippen LogP contribution is 2.28. The normalized spacial score (nSPS) is 16.4. The minimum absolute atomic E-state index is 0.120. The Morgan fingerprint density at radius 1 is 1.21 bits per heavy atom. The fourth-order valence-corrected chi connectivity index (χ4v) is 3.68. The lowest BCUT2D eigenvalue weighted by molar-refractivity contribution is -0.384. The summed E-state index contributed by atoms with van der Waals surface area (Å²) in [5, 5.41) is 13.6. The number of amides is 2. The van der Waals surface area contributed by atoms with Crippen LogP contribution < -0.4 is 11.1 Å². The summed E-state index contributed by atoms with van der Waals surface area (Å²) < 4.78 is 5.00. The lowest BCUT2D eigenvalue weighted by Crippen LogP contribution is -2.50. The Bertz CT molecular complexity index is 743. The highest BCUT2D eigenvalue weighted by atomic mass is 16.6. The van der Waals surface area contributed by atoms with Crippen LogP contribution in [0.5, 0.6) is 0 Å². The van der Waals surface area contributed by atoms with Gasteiger partial charge in [-0.25, -0.2) is 0 Å². The van der Waals surface area contributed by atoms with Gasteiger partial charge in [-0.2, -0.15) is 0 Å². The molecule has 1 aliphatic carbocycles. The lowest BCUT2D eigenvalue weighted by atomic mass is 9.85. The third kappa shape index (κ3) is 6.27. The van der Waals surface area contributed by atoms with E-state index in [-0.39, 0.29) is 30.5 Å². The minimum Gasteiger partial charge on any atom is -0.466 e. The Labute approximate surface area is 169 Å². The van der Waals surface area contributed by atoms with Crippen LogP contribution in [0.25, 0.3) is 0 Å². The van der Waals surface area contributed by atoms with Gasteiger partial charge < -0.3 is 15.8 Å². The summed E-state index contributed by atoms with van der Waals surface area (Å²) in [7, 11) is 0. The molecule has 0 aromatic heterocycles. The number of rotatable bonds is 9. The number of non-ortho nitro benzene ring substituents is 1. The van der Waals surface area contributed by atoms with Crippen molar-refractivity contribution in [1.29, 1.82) is 0 Å². The first kappa shape index (κ1) is 22.3. The van der Waals surface area contributed by atoms with Gasteiger partial charge >= 0.3 is 5.97 Å². The number of nitrogens with two attached hydrogens (primary N) is 1. The van der Waals surface area contributed by atoms with E-state index < -0.39 is 28.8 Å². The number of nitrogens with one attached hydrogen (secondary N) is 1. The Kier molecular flexibility index (Phi) is 8.11. The van der Waals surface area contributed by atoms with E-state index in [2.05, 4.69) is 5.32 Å². The predicted octanol–water partition coefficient (Wildman–Crippen LogP) is 2.18. The van der Waals surface area contributed by atoms with E-state index >= 15 is 0 Å². The Hall–Kier alpha value is -2.97. The number of ether oxygens (including phenoxy) is 1. The number of carbonyl (C=O) groups is 3. The van der Waals surface area contributed by atoms with Crippen LogP contribution >= 0.6 is 0 Å². The Balaban J connectivity index is 2.28. The number of hydrogen-bond donors (Lipinski definition) is 2. The van der Waals surface area contributed by atoms with E-state index in [1.165, 1.54) is 24.3 Å². The number of primary amides is 1. The van der Waals surface area contributed by atoms with Crippen LogP contribution in [-0.4, -0.2) is 35.4 Å². The fourth-order valence-electron chi connectivity index (χ4n) is 3.68. The average molecular weight is 405 g/mol. The number of nitro benzene ring substituents is 1. The van der Waals surface area contributed by atoms with Crippen LogP contribution in [0, 0.1) is 16.0 Å². The molecule has 3 N–H and O–H groups in total. The zero-order valence-electron chi connectivity index (χ0n) is 16.5. The molecule has 0 spiro atoms. The van der Waals surface area contributed by atoms with Crippen LogP contribution in [0.3, 0.4) is 0 Å². The summed E-state index contributed by atoms with van der Waals surface area (Å²) in [4.78, 5) is 47.4. The fraction of sp³-hybridized carbons (Fsp3) is 0.550. The second-order valence-corrected chi connectivity index (χ2v) is 7.19. The summed E-state index contributed by atoms with van der Waals surface area (Å²) in [6.07, 6.45) is 4.29. The van der Waals surface area contributed by atoms with Crippen molar-refractivity contribution in [1.82, 2.24) is 5.32 Å². The molecule has 9 heteroatoms. The van der Waals surface area contributed by atoms with E-state index in [0.717, 1.165) is 32.1 Å². The molecule has 1 fully saturated rings. The molecular formula is C20H27N3O6. The number of carbonyl (C=O) groups excluding carboxylic acids is 3. The van der Waals surface area contributed by atoms with E-state index in [4.69, 9.17) is 10.5 Å². The van der Waals surface area contributed by atoms with E-state index in [0.29, 0.717) is 5.56 Å². The highest BCUT2D eigenvalue weighted by molar-refractivity contribution is 5.89. The van der Waals surface area contributed by atoms with E-state index in [1.807, 2.05) is 0 Å². The molecule has 158 valence electrons. The van der Waals surface area contributed by atoms with E-state index in [1.54, 1.807) is 6.92 Å². The zero-order chi connectivity index (χ0) is 21.4. The molecule has 0 heterocycles. The number of nitro groups is 1. The van der Waals surface area contributed by atoms with E-state index in [9.17, 15) is 24.5 Å². The molecule has 0 radical (unpaired) electrons. The number of nitrogens with zero attached hydrogens (tertiary/aromatic N) is 1. The van der Waals surface area contributed by atoms with Crippen LogP contribution in [-0.2, 0) is 19.1 Å². The van der Waals surface area contributed by atoms with Gasteiger partial charge in [0, 0.05) is 24.0 Å². The van der Waals surface area contributed by atoms with Crippen LogP contribution in [0.15, 0.2) is 24.3 Å². The zero-order valence-corrected chi connectivity index (χ0v) is 16.5. The summed E-state index contributed by atoms with van der Waals surface area (Å²) in [5.41, 5.74) is 5.93. The van der Waals surface area contributed by atoms with Crippen molar-refractivity contribution in [3.63, 3.8) is 0 Å². The van der Waals surface area contributed by atoms with Gasteiger partial charge in [0.15, 0.2) is 0 Å². The third-order valence-corrected chi connectivity index (χ3v) is 5.21. The molecule has 2 rings (SSSR count). The molecule has 0 saturated heterocycles. The maximum absolute atomic E-state index is 12.7. The maximum Gasteiger partial charge on any atom is 0.306 e. The summed E-state index contributed by atoms with van der Waals surface area (Å²) in [6, 6.07) is 4.37. The first-order chi connectivity index (χ1) is 13.8. The minimum atomic E-state index is -1.13. The van der Waals surface area contributed by atoms with Gasteiger partial charge in [0.1, 0.15) is 6.04 Å². The average Bonchev–Trinajstić information content (AvgIpc) is 2.71. The number of benzene rings is 1. The molecule has 9 nitrogen and oxygen atoms in total. The van der Waals surface area contributed by atoms with Crippen molar-refractivity contribution >= 4 is 23.5 Å². The smallest absolute Gasteiger partial charge is 0.306 e. The molecule has 0 bridgehead atoms. The van der Waals surface area contributed by atoms with Crippen LogP contribution in [0.4, 0.5) is 5.69 Å². The van der Waals surface area contributed by atoms with Gasteiger partial charge in [-0.15, -0.1) is 0 Å². The Morgan fingerprint density at radius 3 is 2.34 bits per heavy atom. The first-order valence-electron chi connectivity index (χ1n) is 9.83. The summed E-state index contributed by atoms with van der Waals surface area (Å²) in [6.45, 7) is 1.83. The molecule has 1 aromatic rings. The third-order valence-electron chi connectivity index (χ3n) is 5.21. The van der Waals surface area contributed by atoms with Crippen molar-refractivity contribution in [2.75, 3.05) is 6.61 Å². The second-order valence-electron chi connectivity index (χ2n) is 7.19. The molecule has 1 saturated carbocycles. The number of esters is 1. The van der Waals surface area contributed by atoms with Crippen molar-refractivity contribution in [3.05, 3.63) is 39.9 Å². The van der Waals surface area contributed by atoms with Crippen LogP contribution in [0.2, 0.25) is 0 Å². The molecule has 1 aromatic carbocycles. The molecule has 0 unspecified atom stereocenters. The molecule has 2 atom stereocenters. The van der Waals surface area contributed by atoms with Crippen LogP contribution in [0.1, 0.15) is 56.9 Å². The Morgan fingerprint density at radius 2 is 1.83 bits per heavy atom. The van der Waals surface area contributed by atoms with Gasteiger partial charge in [0.2, 0.25) is 11.8 Å². The van der Waals surface area contributed by atoms with Crippen molar-refractivity contribution in [2.45, 2.75) is 57.4 Å². The molecule has 0 aliphatic heterocycles. The summed E-state index contributed by atoms with van der Waals surface area (Å²) >= 11 is 0. The highest BCUT2D eigenvalue weighted by Gasteiger charge is 2.34. The maximum atomic E-state index is 12.7. The van der Waals surface area contributed by atoms with Gasteiger partial charge in [0.25, 0.3) is 5.69 Å². The standard InChI is InChI=1S/C20H27N3O6/c1-2-29-17(24)12-16(13-8-10-15(11-9-13)23(27)28)18(19(21)25)22-20(26)14-6-4-3-5-7-14/h8-11,14,16,18H,2-7,12H2,1H3,(H2,21,25)(H,22,26)/t16-,18-/m0/s1. The monoisotopic (exact) mass is 405 g/mol. The van der Waals surface area contributed by atoms with Crippen molar-refractivity contribution < 1.29 is 24.0 Å².